The van der Waals surface area contributed by atoms with Gasteiger partial charge in [0.05, 0.1) is 12.7 Å². The molecule has 1 amide bonds. The van der Waals surface area contributed by atoms with Crippen molar-refractivity contribution in [3.63, 3.8) is 0 Å². The standard InChI is InChI=1S/C23H25F3N2O3/c1-14-4-5-17(15(2)10-14)12-28-13-19(11-20(28)22(30)31-3)27-21(29)16-6-8-18(9-7-16)23(24,25)26/h4-10,19-20H,11-13H2,1-3H3,(H,27,29)/t19-,20+/m1/s1. The van der Waals surface area contributed by atoms with Crippen molar-refractivity contribution in [3.8, 4) is 0 Å². The van der Waals surface area contributed by atoms with Gasteiger partial charge in [-0.1, -0.05) is 23.8 Å². The highest BCUT2D eigenvalue weighted by Gasteiger charge is 2.38. The first-order valence-electron chi connectivity index (χ1n) is 9.94. The number of methoxy groups -OCH3 is 1. The molecule has 0 bridgehead atoms. The van der Waals surface area contributed by atoms with Crippen LogP contribution in [0.3, 0.4) is 0 Å². The van der Waals surface area contributed by atoms with Gasteiger partial charge in [-0.15, -0.1) is 0 Å². The van der Waals surface area contributed by atoms with E-state index in [2.05, 4.69) is 11.4 Å². The third-order valence-electron chi connectivity index (χ3n) is 5.56. The zero-order valence-electron chi connectivity index (χ0n) is 17.6. The van der Waals surface area contributed by atoms with E-state index in [1.807, 2.05) is 30.9 Å². The normalized spacial score (nSPS) is 19.3. The summed E-state index contributed by atoms with van der Waals surface area (Å²) in [6.07, 6.45) is -4.09. The first kappa shape index (κ1) is 22.8. The molecule has 1 aliphatic rings. The van der Waals surface area contributed by atoms with Gasteiger partial charge in [0.2, 0.25) is 0 Å². The Bertz CT molecular complexity index is 958. The largest absolute Gasteiger partial charge is 0.468 e. The lowest BCUT2D eigenvalue weighted by molar-refractivity contribution is -0.146. The fourth-order valence-corrected chi connectivity index (χ4v) is 3.89. The second-order valence-electron chi connectivity index (χ2n) is 7.88. The Kier molecular flexibility index (Phi) is 6.69. The summed E-state index contributed by atoms with van der Waals surface area (Å²) in [4.78, 5) is 26.8. The number of likely N-dealkylation sites (tertiary alicyclic amines) is 1. The number of hydrogen-bond donors (Lipinski definition) is 1. The molecule has 3 rings (SSSR count). The van der Waals surface area contributed by atoms with Gasteiger partial charge in [-0.2, -0.15) is 13.2 Å². The molecule has 1 heterocycles. The Morgan fingerprint density at radius 3 is 2.39 bits per heavy atom. The summed E-state index contributed by atoms with van der Waals surface area (Å²) >= 11 is 0. The molecule has 31 heavy (non-hydrogen) atoms. The predicted molar refractivity (Wildman–Crippen MR) is 109 cm³/mol. The lowest BCUT2D eigenvalue weighted by atomic mass is 10.0. The Labute approximate surface area is 179 Å². The number of benzene rings is 2. The molecule has 5 nitrogen and oxygen atoms in total. The van der Waals surface area contributed by atoms with E-state index in [1.165, 1.54) is 7.11 Å². The number of aryl methyl sites for hydroxylation is 2. The third-order valence-corrected chi connectivity index (χ3v) is 5.56. The summed E-state index contributed by atoms with van der Waals surface area (Å²) < 4.78 is 43.1. The second-order valence-corrected chi connectivity index (χ2v) is 7.88. The summed E-state index contributed by atoms with van der Waals surface area (Å²) in [7, 11) is 1.33. The van der Waals surface area contributed by atoms with Crippen molar-refractivity contribution in [1.82, 2.24) is 10.2 Å². The zero-order valence-corrected chi connectivity index (χ0v) is 17.6. The molecule has 0 radical (unpaired) electrons. The molecule has 1 fully saturated rings. The van der Waals surface area contributed by atoms with Crippen molar-refractivity contribution in [2.45, 2.75) is 45.1 Å². The van der Waals surface area contributed by atoms with Gasteiger partial charge in [0.15, 0.2) is 0 Å². The van der Waals surface area contributed by atoms with Gasteiger partial charge in [-0.3, -0.25) is 14.5 Å². The van der Waals surface area contributed by atoms with Crippen molar-refractivity contribution in [2.24, 2.45) is 0 Å². The van der Waals surface area contributed by atoms with Crippen molar-refractivity contribution < 1.29 is 27.5 Å². The molecular weight excluding hydrogens is 409 g/mol. The van der Waals surface area contributed by atoms with Crippen LogP contribution in [0.4, 0.5) is 13.2 Å². The molecule has 2 atom stereocenters. The second kappa shape index (κ2) is 9.09. The number of halogens is 3. The molecule has 2 aromatic rings. The lowest BCUT2D eigenvalue weighted by Crippen LogP contribution is -2.37. The van der Waals surface area contributed by atoms with Crippen molar-refractivity contribution in [2.75, 3.05) is 13.7 Å². The van der Waals surface area contributed by atoms with Gasteiger partial charge < -0.3 is 10.1 Å². The molecule has 0 spiro atoms. The summed E-state index contributed by atoms with van der Waals surface area (Å²) in [6.45, 7) is 4.98. The Hall–Kier alpha value is -2.87. The van der Waals surface area contributed by atoms with Gasteiger partial charge in [0.1, 0.15) is 6.04 Å². The topological polar surface area (TPSA) is 58.6 Å². The van der Waals surface area contributed by atoms with Gasteiger partial charge in [0, 0.05) is 24.7 Å². The number of carbonyl (C=O) groups excluding carboxylic acids is 2. The van der Waals surface area contributed by atoms with Crippen LogP contribution < -0.4 is 5.32 Å². The van der Waals surface area contributed by atoms with Crippen molar-refractivity contribution in [3.05, 3.63) is 70.3 Å². The van der Waals surface area contributed by atoms with Crippen molar-refractivity contribution in [1.29, 1.82) is 0 Å². The maximum absolute atomic E-state index is 12.7. The van der Waals surface area contributed by atoms with Crippen LogP contribution in [0.15, 0.2) is 42.5 Å². The lowest BCUT2D eigenvalue weighted by Gasteiger charge is -2.23. The SMILES string of the molecule is COC(=O)[C@@H]1C[C@@H](NC(=O)c2ccc(C(F)(F)F)cc2)CN1Cc1ccc(C)cc1C. The van der Waals surface area contributed by atoms with E-state index in [0.29, 0.717) is 19.5 Å². The maximum atomic E-state index is 12.7. The van der Waals surface area contributed by atoms with Crippen LogP contribution in [0.25, 0.3) is 0 Å². The number of nitrogens with one attached hydrogen (secondary N) is 1. The van der Waals surface area contributed by atoms with Crippen LogP contribution in [0.2, 0.25) is 0 Å². The smallest absolute Gasteiger partial charge is 0.416 e. The van der Waals surface area contributed by atoms with Gasteiger partial charge in [-0.25, -0.2) is 0 Å². The fraction of sp³-hybridized carbons (Fsp3) is 0.391. The minimum Gasteiger partial charge on any atom is -0.468 e. The van der Waals surface area contributed by atoms with Crippen LogP contribution in [-0.2, 0) is 22.3 Å². The van der Waals surface area contributed by atoms with Crippen LogP contribution in [0, 0.1) is 13.8 Å². The average molecular weight is 434 g/mol. The van der Waals surface area contributed by atoms with E-state index in [4.69, 9.17) is 4.74 Å². The molecule has 1 N–H and O–H groups in total. The molecule has 1 saturated heterocycles. The number of rotatable bonds is 5. The van der Waals surface area contributed by atoms with Crippen LogP contribution in [0.5, 0.6) is 0 Å². The molecule has 1 aliphatic heterocycles. The highest BCUT2D eigenvalue weighted by molar-refractivity contribution is 5.94. The van der Waals surface area contributed by atoms with Gasteiger partial charge in [-0.05, 0) is 55.7 Å². The quantitative estimate of drug-likeness (QED) is 0.726. The summed E-state index contributed by atoms with van der Waals surface area (Å²) in [5.74, 6) is -0.855. The molecular formula is C23H25F3N2O3. The first-order chi connectivity index (χ1) is 14.6. The van der Waals surface area contributed by atoms with E-state index >= 15 is 0 Å². The number of alkyl halides is 3. The van der Waals surface area contributed by atoms with Crippen LogP contribution in [-0.4, -0.2) is 42.5 Å². The molecule has 0 aliphatic carbocycles. The minimum absolute atomic E-state index is 0.135. The van der Waals surface area contributed by atoms with Crippen LogP contribution >= 0.6 is 0 Å². The fourth-order valence-electron chi connectivity index (χ4n) is 3.89. The number of carbonyl (C=O) groups is 2. The zero-order chi connectivity index (χ0) is 22.8. The van der Waals surface area contributed by atoms with Gasteiger partial charge >= 0.3 is 12.1 Å². The molecule has 0 saturated carbocycles. The summed E-state index contributed by atoms with van der Waals surface area (Å²) in [6, 6.07) is 9.33. The van der Waals surface area contributed by atoms with Gasteiger partial charge in [0.25, 0.3) is 5.91 Å². The third kappa shape index (κ3) is 5.44. The Morgan fingerprint density at radius 2 is 1.81 bits per heavy atom. The predicted octanol–water partition coefficient (Wildman–Crippen LogP) is 3.87. The molecule has 2 aromatic carbocycles. The number of esters is 1. The number of hydrogen-bond acceptors (Lipinski definition) is 4. The number of amides is 1. The average Bonchev–Trinajstić information content (AvgIpc) is 3.11. The monoisotopic (exact) mass is 434 g/mol. The molecule has 0 aromatic heterocycles. The molecule has 0 unspecified atom stereocenters. The van der Waals surface area contributed by atoms with Crippen LogP contribution in [0.1, 0.15) is 39.0 Å². The van der Waals surface area contributed by atoms with E-state index in [9.17, 15) is 22.8 Å². The first-order valence-corrected chi connectivity index (χ1v) is 9.94. The minimum atomic E-state index is -4.46. The molecule has 8 heteroatoms. The Morgan fingerprint density at radius 1 is 1.13 bits per heavy atom. The van der Waals surface area contributed by atoms with E-state index in [1.54, 1.807) is 0 Å². The summed E-state index contributed by atoms with van der Waals surface area (Å²) in [5, 5.41) is 2.83. The molecule has 166 valence electrons. The highest BCUT2D eigenvalue weighted by Crippen LogP contribution is 2.29. The highest BCUT2D eigenvalue weighted by atomic mass is 19.4. The van der Waals surface area contributed by atoms with E-state index < -0.39 is 23.7 Å². The van der Waals surface area contributed by atoms with Crippen molar-refractivity contribution >= 4 is 11.9 Å². The van der Waals surface area contributed by atoms with E-state index in [-0.39, 0.29) is 17.6 Å². The number of ether oxygens (including phenoxy) is 1. The Balaban J connectivity index is 1.70. The maximum Gasteiger partial charge on any atom is 0.416 e. The summed E-state index contributed by atoms with van der Waals surface area (Å²) in [5.41, 5.74) is 2.66. The van der Waals surface area contributed by atoms with E-state index in [0.717, 1.165) is 41.0 Å². The number of nitrogens with zero attached hydrogens (tertiary/aromatic N) is 1.